The van der Waals surface area contributed by atoms with Gasteiger partial charge in [0, 0.05) is 36.1 Å². The quantitative estimate of drug-likeness (QED) is 0.540. The third-order valence-corrected chi connectivity index (χ3v) is 5.29. The Morgan fingerprint density at radius 1 is 1.00 bits per heavy atom. The zero-order valence-electron chi connectivity index (χ0n) is 18.6. The van der Waals surface area contributed by atoms with Gasteiger partial charge in [0.15, 0.2) is 0 Å². The number of benzene rings is 2. The van der Waals surface area contributed by atoms with E-state index in [0.29, 0.717) is 34.3 Å². The number of methoxy groups -OCH3 is 1. The van der Waals surface area contributed by atoms with Crippen LogP contribution in [-0.4, -0.2) is 48.7 Å². The second-order valence-electron chi connectivity index (χ2n) is 7.56. The first kappa shape index (κ1) is 22.6. The highest BCUT2D eigenvalue weighted by atomic mass is 16.5. The van der Waals surface area contributed by atoms with Crippen molar-refractivity contribution in [2.45, 2.75) is 26.7 Å². The van der Waals surface area contributed by atoms with Crippen LogP contribution in [0.2, 0.25) is 0 Å². The molecule has 1 heterocycles. The standard InChI is InChI=1S/C25H31N3O3/c1-4-14-27(15-5-2)16-13-26-24(29)23-18-28(19-9-8-10-20(17-19)31-3)25(30)22-12-7-6-11-21(22)23/h6-12,17-18H,4-5,13-16H2,1-3H3,(H,26,29). The van der Waals surface area contributed by atoms with Gasteiger partial charge in [0.05, 0.1) is 18.4 Å². The molecule has 0 radical (unpaired) electrons. The van der Waals surface area contributed by atoms with E-state index >= 15 is 0 Å². The summed E-state index contributed by atoms with van der Waals surface area (Å²) in [4.78, 5) is 28.6. The van der Waals surface area contributed by atoms with Crippen LogP contribution in [0.4, 0.5) is 0 Å². The van der Waals surface area contributed by atoms with E-state index in [4.69, 9.17) is 4.74 Å². The van der Waals surface area contributed by atoms with Gasteiger partial charge in [-0.25, -0.2) is 0 Å². The number of carbonyl (C=O) groups is 1. The fraction of sp³-hybridized carbons (Fsp3) is 0.360. The minimum atomic E-state index is -0.180. The molecule has 0 aliphatic heterocycles. The fourth-order valence-corrected chi connectivity index (χ4v) is 3.82. The van der Waals surface area contributed by atoms with Crippen molar-refractivity contribution in [3.63, 3.8) is 0 Å². The molecular formula is C25H31N3O3. The summed E-state index contributed by atoms with van der Waals surface area (Å²) in [5.74, 6) is 0.469. The van der Waals surface area contributed by atoms with Gasteiger partial charge in [-0.3, -0.25) is 14.2 Å². The number of hydrogen-bond donors (Lipinski definition) is 1. The average molecular weight is 422 g/mol. The van der Waals surface area contributed by atoms with E-state index in [9.17, 15) is 9.59 Å². The van der Waals surface area contributed by atoms with Crippen molar-refractivity contribution in [2.75, 3.05) is 33.3 Å². The molecule has 0 fully saturated rings. The third kappa shape index (κ3) is 5.33. The number of pyridine rings is 1. The topological polar surface area (TPSA) is 63.6 Å². The Kier molecular flexibility index (Phi) is 7.84. The van der Waals surface area contributed by atoms with E-state index in [1.54, 1.807) is 25.4 Å². The molecule has 0 bridgehead atoms. The Bertz CT molecular complexity index is 1080. The van der Waals surface area contributed by atoms with Crippen LogP contribution < -0.4 is 15.6 Å². The summed E-state index contributed by atoms with van der Waals surface area (Å²) in [6, 6.07) is 14.5. The molecule has 1 N–H and O–H groups in total. The van der Waals surface area contributed by atoms with Gasteiger partial charge in [0.25, 0.3) is 11.5 Å². The van der Waals surface area contributed by atoms with E-state index in [1.807, 2.05) is 36.4 Å². The number of aromatic nitrogens is 1. The molecule has 164 valence electrons. The van der Waals surface area contributed by atoms with Crippen LogP contribution in [0.5, 0.6) is 5.75 Å². The molecule has 2 aromatic carbocycles. The zero-order chi connectivity index (χ0) is 22.2. The number of nitrogens with zero attached hydrogens (tertiary/aromatic N) is 2. The van der Waals surface area contributed by atoms with E-state index in [0.717, 1.165) is 32.5 Å². The van der Waals surface area contributed by atoms with Gasteiger partial charge in [0.1, 0.15) is 5.75 Å². The molecule has 0 atom stereocenters. The highest BCUT2D eigenvalue weighted by molar-refractivity contribution is 6.06. The Morgan fingerprint density at radius 2 is 1.71 bits per heavy atom. The third-order valence-electron chi connectivity index (χ3n) is 5.29. The first-order valence-electron chi connectivity index (χ1n) is 10.9. The Hall–Kier alpha value is -3.12. The Labute approximate surface area is 183 Å². The Morgan fingerprint density at radius 3 is 2.39 bits per heavy atom. The predicted octanol–water partition coefficient (Wildman–Crippen LogP) is 3.85. The lowest BCUT2D eigenvalue weighted by Gasteiger charge is -2.21. The lowest BCUT2D eigenvalue weighted by molar-refractivity contribution is 0.0949. The largest absolute Gasteiger partial charge is 0.497 e. The van der Waals surface area contributed by atoms with Crippen LogP contribution in [0.15, 0.2) is 59.5 Å². The molecule has 0 unspecified atom stereocenters. The van der Waals surface area contributed by atoms with Crippen molar-refractivity contribution in [3.8, 4) is 11.4 Å². The normalized spacial score (nSPS) is 11.1. The molecule has 0 saturated heterocycles. The lowest BCUT2D eigenvalue weighted by atomic mass is 10.1. The van der Waals surface area contributed by atoms with Gasteiger partial charge in [-0.15, -0.1) is 0 Å². The van der Waals surface area contributed by atoms with E-state index < -0.39 is 0 Å². The number of carbonyl (C=O) groups excluding carboxylic acids is 1. The predicted molar refractivity (Wildman–Crippen MR) is 125 cm³/mol. The smallest absolute Gasteiger partial charge is 0.262 e. The molecule has 0 saturated carbocycles. The van der Waals surface area contributed by atoms with Crippen molar-refractivity contribution in [1.82, 2.24) is 14.8 Å². The number of ether oxygens (including phenoxy) is 1. The lowest BCUT2D eigenvalue weighted by Crippen LogP contribution is -2.36. The summed E-state index contributed by atoms with van der Waals surface area (Å²) in [6.45, 7) is 7.73. The summed E-state index contributed by atoms with van der Waals surface area (Å²) in [5.41, 5.74) is 0.967. The number of amides is 1. The number of fused-ring (bicyclic) bond motifs is 1. The maximum Gasteiger partial charge on any atom is 0.262 e. The summed E-state index contributed by atoms with van der Waals surface area (Å²) in [5, 5.41) is 4.20. The van der Waals surface area contributed by atoms with Gasteiger partial charge >= 0.3 is 0 Å². The molecule has 6 heteroatoms. The van der Waals surface area contributed by atoms with Crippen molar-refractivity contribution in [1.29, 1.82) is 0 Å². The SMILES string of the molecule is CCCN(CCC)CCNC(=O)c1cn(-c2cccc(OC)c2)c(=O)c2ccccc12. The number of rotatable bonds is 10. The van der Waals surface area contributed by atoms with Crippen molar-refractivity contribution >= 4 is 16.7 Å². The molecule has 1 amide bonds. The first-order chi connectivity index (χ1) is 15.1. The summed E-state index contributed by atoms with van der Waals surface area (Å²) >= 11 is 0. The minimum Gasteiger partial charge on any atom is -0.497 e. The fourth-order valence-electron chi connectivity index (χ4n) is 3.82. The summed E-state index contributed by atoms with van der Waals surface area (Å²) in [7, 11) is 1.58. The average Bonchev–Trinajstić information content (AvgIpc) is 2.79. The van der Waals surface area contributed by atoms with Crippen LogP contribution in [0, 0.1) is 0 Å². The van der Waals surface area contributed by atoms with Gasteiger partial charge < -0.3 is 15.0 Å². The monoisotopic (exact) mass is 421 g/mol. The van der Waals surface area contributed by atoms with E-state index in [1.165, 1.54) is 4.57 Å². The minimum absolute atomic E-state index is 0.169. The molecule has 0 aliphatic rings. The number of hydrogen-bond acceptors (Lipinski definition) is 4. The van der Waals surface area contributed by atoms with Crippen molar-refractivity contribution in [3.05, 3.63) is 70.6 Å². The second kappa shape index (κ2) is 10.8. The van der Waals surface area contributed by atoms with Crippen LogP contribution in [0.1, 0.15) is 37.0 Å². The van der Waals surface area contributed by atoms with E-state index in [-0.39, 0.29) is 11.5 Å². The van der Waals surface area contributed by atoms with Gasteiger partial charge in [-0.1, -0.05) is 38.1 Å². The molecule has 3 aromatic rings. The summed E-state index contributed by atoms with van der Waals surface area (Å²) < 4.78 is 6.81. The molecule has 0 spiro atoms. The molecule has 31 heavy (non-hydrogen) atoms. The Balaban J connectivity index is 1.93. The van der Waals surface area contributed by atoms with Crippen LogP contribution in [0.3, 0.4) is 0 Å². The van der Waals surface area contributed by atoms with Crippen molar-refractivity contribution in [2.24, 2.45) is 0 Å². The zero-order valence-corrected chi connectivity index (χ0v) is 18.6. The molecular weight excluding hydrogens is 390 g/mol. The van der Waals surface area contributed by atoms with Crippen LogP contribution in [-0.2, 0) is 0 Å². The number of nitrogens with one attached hydrogen (secondary N) is 1. The molecule has 1 aromatic heterocycles. The molecule has 0 aliphatic carbocycles. The van der Waals surface area contributed by atoms with Crippen LogP contribution in [0.25, 0.3) is 16.5 Å². The van der Waals surface area contributed by atoms with Gasteiger partial charge in [-0.05, 0) is 44.1 Å². The highest BCUT2D eigenvalue weighted by Crippen LogP contribution is 2.20. The second-order valence-corrected chi connectivity index (χ2v) is 7.56. The maximum absolute atomic E-state index is 13.1. The van der Waals surface area contributed by atoms with Crippen LogP contribution >= 0.6 is 0 Å². The molecule has 3 rings (SSSR count). The van der Waals surface area contributed by atoms with Gasteiger partial charge in [-0.2, -0.15) is 0 Å². The van der Waals surface area contributed by atoms with E-state index in [2.05, 4.69) is 24.1 Å². The van der Waals surface area contributed by atoms with Crippen molar-refractivity contribution < 1.29 is 9.53 Å². The molecule has 6 nitrogen and oxygen atoms in total. The van der Waals surface area contributed by atoms with Gasteiger partial charge in [0.2, 0.25) is 0 Å². The first-order valence-corrected chi connectivity index (χ1v) is 10.9. The maximum atomic E-state index is 13.1. The highest BCUT2D eigenvalue weighted by Gasteiger charge is 2.16. The summed E-state index contributed by atoms with van der Waals surface area (Å²) in [6.07, 6.45) is 3.80.